The molecule has 3 aromatic rings. The monoisotopic (exact) mass is 433 g/mol. The van der Waals surface area contributed by atoms with E-state index >= 15 is 0 Å². The first kappa shape index (κ1) is 23.1. The number of carbonyl (C=O) groups excluding carboxylic acids is 2. The molecule has 6 nitrogen and oxygen atoms in total. The lowest BCUT2D eigenvalue weighted by molar-refractivity contribution is -0.133. The van der Waals surface area contributed by atoms with Crippen LogP contribution in [-0.4, -0.2) is 34.8 Å². The van der Waals surface area contributed by atoms with Crippen LogP contribution in [0, 0.1) is 13.8 Å². The molecule has 0 radical (unpaired) electrons. The molecule has 3 rings (SSSR count). The van der Waals surface area contributed by atoms with E-state index in [4.69, 9.17) is 4.42 Å². The summed E-state index contributed by atoms with van der Waals surface area (Å²) in [5, 5.41) is 2.90. The molecule has 0 atom stereocenters. The van der Waals surface area contributed by atoms with Gasteiger partial charge in [-0.15, -0.1) is 0 Å². The van der Waals surface area contributed by atoms with Crippen LogP contribution in [-0.2, 0) is 17.9 Å². The van der Waals surface area contributed by atoms with E-state index in [9.17, 15) is 9.59 Å². The van der Waals surface area contributed by atoms with E-state index in [2.05, 4.69) is 5.32 Å². The third kappa shape index (κ3) is 6.74. The summed E-state index contributed by atoms with van der Waals surface area (Å²) in [6.07, 6.45) is 0.755. The van der Waals surface area contributed by atoms with Gasteiger partial charge in [-0.3, -0.25) is 4.79 Å². The molecular weight excluding hydrogens is 402 g/mol. The number of nitrogens with one attached hydrogen (secondary N) is 1. The minimum Gasteiger partial charge on any atom is -0.464 e. The zero-order valence-electron chi connectivity index (χ0n) is 19.0. The van der Waals surface area contributed by atoms with Crippen LogP contribution in [0.3, 0.4) is 0 Å². The van der Waals surface area contributed by atoms with Crippen molar-refractivity contribution in [3.8, 4) is 0 Å². The molecule has 0 aliphatic carbocycles. The number of carbonyl (C=O) groups is 2. The summed E-state index contributed by atoms with van der Waals surface area (Å²) in [6.45, 7) is 7.14. The Balaban J connectivity index is 1.72. The molecule has 0 spiro atoms. The van der Waals surface area contributed by atoms with Crippen molar-refractivity contribution in [3.63, 3.8) is 0 Å². The minimum absolute atomic E-state index is 0.00193. The summed E-state index contributed by atoms with van der Waals surface area (Å²) in [4.78, 5) is 29.5. The SMILES string of the molecule is CCCN(CC(=O)N(Cc1ccccc1)Cc1ccc(C)o1)C(=O)Nc1ccc(C)cc1. The van der Waals surface area contributed by atoms with Crippen molar-refractivity contribution in [1.29, 1.82) is 0 Å². The van der Waals surface area contributed by atoms with Gasteiger partial charge in [0.25, 0.3) is 0 Å². The first-order valence-electron chi connectivity index (χ1n) is 10.9. The standard InChI is InChI=1S/C26H31N3O3/c1-4-16-28(26(31)27-23-13-10-20(2)11-14-23)19-25(30)29(17-22-8-6-5-7-9-22)18-24-15-12-21(3)32-24/h5-15H,4,16-19H2,1-3H3,(H,27,31). The molecule has 1 aromatic heterocycles. The van der Waals surface area contributed by atoms with Crippen molar-refractivity contribution in [1.82, 2.24) is 9.80 Å². The fraction of sp³-hybridized carbons (Fsp3) is 0.308. The highest BCUT2D eigenvalue weighted by Crippen LogP contribution is 2.15. The van der Waals surface area contributed by atoms with E-state index in [-0.39, 0.29) is 18.5 Å². The van der Waals surface area contributed by atoms with Gasteiger partial charge >= 0.3 is 6.03 Å². The Kier molecular flexibility index (Phi) is 8.08. The molecule has 0 aliphatic rings. The quantitative estimate of drug-likeness (QED) is 0.493. The number of aryl methyl sites for hydroxylation is 2. The number of hydrogen-bond donors (Lipinski definition) is 1. The Labute approximate surface area is 189 Å². The largest absolute Gasteiger partial charge is 0.464 e. The molecule has 1 heterocycles. The molecule has 3 amide bonds. The van der Waals surface area contributed by atoms with Crippen LogP contribution in [0.4, 0.5) is 10.5 Å². The van der Waals surface area contributed by atoms with Crippen molar-refractivity contribution >= 4 is 17.6 Å². The maximum atomic E-state index is 13.3. The molecule has 0 saturated heterocycles. The van der Waals surface area contributed by atoms with Crippen LogP contribution in [0.15, 0.2) is 71.1 Å². The van der Waals surface area contributed by atoms with Gasteiger partial charge in [0.15, 0.2) is 0 Å². The molecule has 168 valence electrons. The Morgan fingerprint density at radius 3 is 2.22 bits per heavy atom. The number of anilines is 1. The normalized spacial score (nSPS) is 10.6. The Hall–Kier alpha value is -3.54. The number of nitrogens with zero attached hydrogens (tertiary/aromatic N) is 2. The van der Waals surface area contributed by atoms with Crippen molar-refractivity contribution in [2.45, 2.75) is 40.3 Å². The number of furan rings is 1. The Morgan fingerprint density at radius 1 is 0.875 bits per heavy atom. The predicted molar refractivity (Wildman–Crippen MR) is 126 cm³/mol. The highest BCUT2D eigenvalue weighted by molar-refractivity contribution is 5.92. The Bertz CT molecular complexity index is 1010. The highest BCUT2D eigenvalue weighted by Gasteiger charge is 2.22. The topological polar surface area (TPSA) is 65.8 Å². The van der Waals surface area contributed by atoms with Gasteiger partial charge in [-0.05, 0) is 50.1 Å². The van der Waals surface area contributed by atoms with Gasteiger partial charge in [0.2, 0.25) is 5.91 Å². The molecule has 0 fully saturated rings. The maximum absolute atomic E-state index is 13.3. The molecule has 32 heavy (non-hydrogen) atoms. The number of amides is 3. The second-order valence-electron chi connectivity index (χ2n) is 7.97. The van der Waals surface area contributed by atoms with Crippen LogP contribution >= 0.6 is 0 Å². The van der Waals surface area contributed by atoms with E-state index in [1.54, 1.807) is 9.80 Å². The van der Waals surface area contributed by atoms with Crippen LogP contribution in [0.25, 0.3) is 0 Å². The van der Waals surface area contributed by atoms with E-state index in [1.807, 2.05) is 87.5 Å². The van der Waals surface area contributed by atoms with Crippen LogP contribution in [0.2, 0.25) is 0 Å². The smallest absolute Gasteiger partial charge is 0.322 e. The van der Waals surface area contributed by atoms with Crippen molar-refractivity contribution in [2.75, 3.05) is 18.4 Å². The molecule has 2 aromatic carbocycles. The third-order valence-electron chi connectivity index (χ3n) is 5.12. The lowest BCUT2D eigenvalue weighted by Crippen LogP contribution is -2.44. The maximum Gasteiger partial charge on any atom is 0.322 e. The minimum atomic E-state index is -0.280. The molecule has 0 bridgehead atoms. The number of hydrogen-bond acceptors (Lipinski definition) is 3. The van der Waals surface area contributed by atoms with Gasteiger partial charge < -0.3 is 19.5 Å². The number of rotatable bonds is 9. The summed E-state index contributed by atoms with van der Waals surface area (Å²) in [6, 6.07) is 20.9. The summed E-state index contributed by atoms with van der Waals surface area (Å²) in [7, 11) is 0. The second kappa shape index (κ2) is 11.2. The molecular formula is C26H31N3O3. The average molecular weight is 434 g/mol. The highest BCUT2D eigenvalue weighted by atomic mass is 16.3. The van der Waals surface area contributed by atoms with Crippen molar-refractivity contribution in [3.05, 3.63) is 89.4 Å². The summed E-state index contributed by atoms with van der Waals surface area (Å²) in [5.74, 6) is 1.39. The molecule has 0 unspecified atom stereocenters. The lowest BCUT2D eigenvalue weighted by Gasteiger charge is -2.27. The Morgan fingerprint density at radius 2 is 1.59 bits per heavy atom. The van der Waals surface area contributed by atoms with Gasteiger partial charge in [-0.1, -0.05) is 55.0 Å². The lowest BCUT2D eigenvalue weighted by atomic mass is 10.2. The van der Waals surface area contributed by atoms with Gasteiger partial charge in [0.05, 0.1) is 6.54 Å². The summed E-state index contributed by atoms with van der Waals surface area (Å²) >= 11 is 0. The van der Waals surface area contributed by atoms with Gasteiger partial charge in [0.1, 0.15) is 18.1 Å². The second-order valence-corrected chi connectivity index (χ2v) is 7.97. The van der Waals surface area contributed by atoms with Crippen LogP contribution < -0.4 is 5.32 Å². The summed E-state index contributed by atoms with van der Waals surface area (Å²) in [5.41, 5.74) is 2.85. The van der Waals surface area contributed by atoms with E-state index < -0.39 is 0 Å². The fourth-order valence-electron chi connectivity index (χ4n) is 3.42. The predicted octanol–water partition coefficient (Wildman–Crippen LogP) is 5.37. The van der Waals surface area contributed by atoms with E-state index in [0.29, 0.717) is 25.3 Å². The van der Waals surface area contributed by atoms with Gasteiger partial charge in [-0.2, -0.15) is 0 Å². The first-order valence-corrected chi connectivity index (χ1v) is 10.9. The zero-order chi connectivity index (χ0) is 22.9. The fourth-order valence-corrected chi connectivity index (χ4v) is 3.42. The first-order chi connectivity index (χ1) is 15.4. The molecule has 0 aliphatic heterocycles. The van der Waals surface area contributed by atoms with E-state index in [0.717, 1.165) is 29.1 Å². The molecule has 6 heteroatoms. The molecule has 0 saturated carbocycles. The van der Waals surface area contributed by atoms with Gasteiger partial charge in [0, 0.05) is 18.8 Å². The number of urea groups is 1. The summed E-state index contributed by atoms with van der Waals surface area (Å²) < 4.78 is 5.70. The number of benzene rings is 2. The van der Waals surface area contributed by atoms with Crippen molar-refractivity contribution in [2.24, 2.45) is 0 Å². The van der Waals surface area contributed by atoms with Crippen LogP contribution in [0.5, 0.6) is 0 Å². The third-order valence-corrected chi connectivity index (χ3v) is 5.12. The zero-order valence-corrected chi connectivity index (χ0v) is 19.0. The molecule has 1 N–H and O–H groups in total. The van der Waals surface area contributed by atoms with Crippen LogP contribution in [0.1, 0.15) is 36.0 Å². The van der Waals surface area contributed by atoms with E-state index in [1.165, 1.54) is 0 Å². The van der Waals surface area contributed by atoms with Gasteiger partial charge in [-0.25, -0.2) is 4.79 Å². The average Bonchev–Trinajstić information content (AvgIpc) is 3.20. The van der Waals surface area contributed by atoms with Crippen molar-refractivity contribution < 1.29 is 14.0 Å².